The molecule has 24 heavy (non-hydrogen) atoms. The van der Waals surface area contributed by atoms with Crippen molar-refractivity contribution in [2.75, 3.05) is 19.8 Å². The monoisotopic (exact) mass is 335 g/mol. The number of hydrogen-bond donors (Lipinski definition) is 2. The van der Waals surface area contributed by atoms with Gasteiger partial charge in [-0.1, -0.05) is 18.6 Å². The molecule has 2 aliphatic rings. The van der Waals surface area contributed by atoms with E-state index >= 15 is 0 Å². The van der Waals surface area contributed by atoms with Crippen molar-refractivity contribution in [1.82, 2.24) is 5.32 Å². The van der Waals surface area contributed by atoms with Crippen LogP contribution in [0.2, 0.25) is 0 Å². The van der Waals surface area contributed by atoms with Gasteiger partial charge in [0.1, 0.15) is 5.82 Å². The second-order valence-corrected chi connectivity index (χ2v) is 7.18. The average Bonchev–Trinajstić information content (AvgIpc) is 2.96. The summed E-state index contributed by atoms with van der Waals surface area (Å²) >= 11 is 0. The zero-order valence-corrected chi connectivity index (χ0v) is 14.0. The second kappa shape index (κ2) is 7.62. The van der Waals surface area contributed by atoms with Gasteiger partial charge in [0.25, 0.3) is 0 Å². The molecule has 1 saturated heterocycles. The average molecular weight is 335 g/mol. The largest absolute Gasteiger partial charge is 0.392 e. The van der Waals surface area contributed by atoms with Gasteiger partial charge in [-0.15, -0.1) is 0 Å². The minimum atomic E-state index is -0.433. The van der Waals surface area contributed by atoms with Gasteiger partial charge in [0.15, 0.2) is 0 Å². The van der Waals surface area contributed by atoms with Gasteiger partial charge in [-0.3, -0.25) is 4.79 Å². The molecule has 1 aromatic carbocycles. The zero-order valence-electron chi connectivity index (χ0n) is 14.0. The minimum Gasteiger partial charge on any atom is -0.392 e. The molecule has 0 aromatic heterocycles. The molecule has 1 aromatic rings. The molecular weight excluding hydrogens is 309 g/mol. The summed E-state index contributed by atoms with van der Waals surface area (Å²) < 4.78 is 18.4. The first kappa shape index (κ1) is 17.4. The molecule has 0 bridgehead atoms. The molecule has 2 fully saturated rings. The van der Waals surface area contributed by atoms with Crippen molar-refractivity contribution in [2.45, 2.75) is 44.6 Å². The Bertz CT molecular complexity index is 556. The van der Waals surface area contributed by atoms with Crippen LogP contribution < -0.4 is 5.32 Å². The number of aliphatic hydroxyl groups excluding tert-OH is 1. The van der Waals surface area contributed by atoms with Crippen LogP contribution >= 0.6 is 0 Å². The third-order valence-electron chi connectivity index (χ3n) is 5.54. The number of ether oxygens (including phenoxy) is 1. The molecule has 0 radical (unpaired) electrons. The first-order chi connectivity index (χ1) is 11.6. The van der Waals surface area contributed by atoms with Crippen molar-refractivity contribution in [1.29, 1.82) is 0 Å². The van der Waals surface area contributed by atoms with E-state index in [2.05, 4.69) is 5.32 Å². The van der Waals surface area contributed by atoms with Gasteiger partial charge in [-0.05, 0) is 49.8 Å². The SMILES string of the molecule is O=C(NCC1(Cc2ccc(F)cc2)CCCC1O)C1CCOCC1. The summed E-state index contributed by atoms with van der Waals surface area (Å²) in [6.07, 6.45) is 4.34. The van der Waals surface area contributed by atoms with Crippen molar-refractivity contribution < 1.29 is 19.0 Å². The van der Waals surface area contributed by atoms with Crippen molar-refractivity contribution in [3.8, 4) is 0 Å². The lowest BCUT2D eigenvalue weighted by Gasteiger charge is -2.34. The Morgan fingerprint density at radius 3 is 2.58 bits per heavy atom. The second-order valence-electron chi connectivity index (χ2n) is 7.18. The van der Waals surface area contributed by atoms with Crippen LogP contribution in [0, 0.1) is 17.2 Å². The molecular formula is C19H26FNO3. The highest BCUT2D eigenvalue weighted by atomic mass is 19.1. The van der Waals surface area contributed by atoms with Crippen LogP contribution in [0.25, 0.3) is 0 Å². The predicted octanol–water partition coefficient (Wildman–Crippen LogP) is 2.44. The summed E-state index contributed by atoms with van der Waals surface area (Å²) in [6, 6.07) is 6.43. The Balaban J connectivity index is 1.65. The summed E-state index contributed by atoms with van der Waals surface area (Å²) in [7, 11) is 0. The maximum Gasteiger partial charge on any atom is 0.223 e. The summed E-state index contributed by atoms with van der Waals surface area (Å²) in [5.74, 6) is -0.177. The molecule has 1 aliphatic carbocycles. The van der Waals surface area contributed by atoms with E-state index < -0.39 is 6.10 Å². The summed E-state index contributed by atoms with van der Waals surface area (Å²) in [6.45, 7) is 1.75. The van der Waals surface area contributed by atoms with Crippen LogP contribution in [0.3, 0.4) is 0 Å². The van der Waals surface area contributed by atoms with E-state index in [-0.39, 0.29) is 23.1 Å². The van der Waals surface area contributed by atoms with Crippen molar-refractivity contribution in [3.05, 3.63) is 35.6 Å². The lowest BCUT2D eigenvalue weighted by atomic mass is 9.78. The van der Waals surface area contributed by atoms with Gasteiger partial charge < -0.3 is 15.2 Å². The molecule has 1 heterocycles. The van der Waals surface area contributed by atoms with E-state index in [9.17, 15) is 14.3 Å². The number of benzene rings is 1. The molecule has 2 unspecified atom stereocenters. The smallest absolute Gasteiger partial charge is 0.223 e. The summed E-state index contributed by atoms with van der Waals surface area (Å²) in [4.78, 5) is 12.4. The zero-order chi connectivity index (χ0) is 17.0. The molecule has 2 atom stereocenters. The van der Waals surface area contributed by atoms with E-state index in [1.54, 1.807) is 12.1 Å². The number of hydrogen-bond acceptors (Lipinski definition) is 3. The van der Waals surface area contributed by atoms with E-state index in [0.717, 1.165) is 37.7 Å². The molecule has 1 amide bonds. The van der Waals surface area contributed by atoms with Crippen molar-refractivity contribution in [2.24, 2.45) is 11.3 Å². The number of halogens is 1. The van der Waals surface area contributed by atoms with Crippen LogP contribution in [0.15, 0.2) is 24.3 Å². The number of carbonyl (C=O) groups excluding carboxylic acids is 1. The van der Waals surface area contributed by atoms with Gasteiger partial charge in [-0.2, -0.15) is 0 Å². The number of carbonyl (C=O) groups is 1. The Labute approximate surface area is 142 Å². The van der Waals surface area contributed by atoms with Crippen LogP contribution in [-0.2, 0) is 16.0 Å². The highest BCUT2D eigenvalue weighted by molar-refractivity contribution is 5.78. The number of nitrogens with one attached hydrogen (secondary N) is 1. The molecule has 1 aliphatic heterocycles. The molecule has 1 saturated carbocycles. The quantitative estimate of drug-likeness (QED) is 0.869. The third kappa shape index (κ3) is 3.95. The maximum absolute atomic E-state index is 13.1. The van der Waals surface area contributed by atoms with E-state index in [0.29, 0.717) is 26.2 Å². The Hall–Kier alpha value is -1.46. The Morgan fingerprint density at radius 2 is 1.96 bits per heavy atom. The van der Waals surface area contributed by atoms with Crippen LogP contribution in [0.4, 0.5) is 4.39 Å². The fourth-order valence-corrected chi connectivity index (χ4v) is 3.97. The first-order valence-corrected chi connectivity index (χ1v) is 8.87. The number of aliphatic hydroxyl groups is 1. The molecule has 4 nitrogen and oxygen atoms in total. The molecule has 5 heteroatoms. The van der Waals surface area contributed by atoms with Gasteiger partial charge >= 0.3 is 0 Å². The number of amides is 1. The normalized spacial score (nSPS) is 28.0. The molecule has 0 spiro atoms. The van der Waals surface area contributed by atoms with Crippen LogP contribution in [0.5, 0.6) is 0 Å². The topological polar surface area (TPSA) is 58.6 Å². The lowest BCUT2D eigenvalue weighted by Crippen LogP contribution is -2.46. The van der Waals surface area contributed by atoms with Gasteiger partial charge in [-0.25, -0.2) is 4.39 Å². The highest BCUT2D eigenvalue weighted by Gasteiger charge is 2.42. The fraction of sp³-hybridized carbons (Fsp3) is 0.632. The highest BCUT2D eigenvalue weighted by Crippen LogP contribution is 2.41. The third-order valence-corrected chi connectivity index (χ3v) is 5.54. The predicted molar refractivity (Wildman–Crippen MR) is 88.9 cm³/mol. The fourth-order valence-electron chi connectivity index (χ4n) is 3.97. The Morgan fingerprint density at radius 1 is 1.25 bits per heavy atom. The van der Waals surface area contributed by atoms with Gasteiger partial charge in [0.05, 0.1) is 6.10 Å². The molecule has 3 rings (SSSR count). The standard InChI is InChI=1S/C19H26FNO3/c20-16-5-3-14(4-6-16)12-19(9-1-2-17(19)22)13-21-18(23)15-7-10-24-11-8-15/h3-6,15,17,22H,1-2,7-13H2,(H,21,23). The summed E-state index contributed by atoms with van der Waals surface area (Å²) in [5, 5.41) is 13.6. The summed E-state index contributed by atoms with van der Waals surface area (Å²) in [5.41, 5.74) is 0.649. The Kier molecular flexibility index (Phi) is 5.51. The first-order valence-electron chi connectivity index (χ1n) is 8.87. The van der Waals surface area contributed by atoms with E-state index in [1.165, 1.54) is 12.1 Å². The van der Waals surface area contributed by atoms with Crippen LogP contribution in [-0.4, -0.2) is 36.9 Å². The minimum absolute atomic E-state index is 0.0140. The van der Waals surface area contributed by atoms with Gasteiger partial charge in [0.2, 0.25) is 5.91 Å². The maximum atomic E-state index is 13.1. The molecule has 132 valence electrons. The van der Waals surface area contributed by atoms with Crippen molar-refractivity contribution >= 4 is 5.91 Å². The van der Waals surface area contributed by atoms with E-state index in [4.69, 9.17) is 4.74 Å². The number of rotatable bonds is 5. The van der Waals surface area contributed by atoms with E-state index in [1.807, 2.05) is 0 Å². The molecule has 2 N–H and O–H groups in total. The lowest BCUT2D eigenvalue weighted by molar-refractivity contribution is -0.128. The van der Waals surface area contributed by atoms with Crippen molar-refractivity contribution in [3.63, 3.8) is 0 Å². The van der Waals surface area contributed by atoms with Gasteiger partial charge in [0, 0.05) is 31.1 Å². The van der Waals surface area contributed by atoms with Crippen LogP contribution in [0.1, 0.15) is 37.7 Å².